The summed E-state index contributed by atoms with van der Waals surface area (Å²) in [6.45, 7) is 8.18. The lowest BCUT2D eigenvalue weighted by atomic mass is 9.93. The molecular weight excluding hydrogens is 344 g/mol. The van der Waals surface area contributed by atoms with Crippen molar-refractivity contribution in [1.29, 1.82) is 10.5 Å². The van der Waals surface area contributed by atoms with Crippen molar-refractivity contribution < 1.29 is 9.84 Å². The van der Waals surface area contributed by atoms with Crippen molar-refractivity contribution in [3.8, 4) is 12.1 Å². The van der Waals surface area contributed by atoms with Crippen LogP contribution in [0.4, 0.5) is 0 Å². The molecule has 1 unspecified atom stereocenters. The first-order valence-corrected chi connectivity index (χ1v) is 9.09. The number of allylic oxidation sites excluding steroid dienone is 3. The molecule has 0 heterocycles. The van der Waals surface area contributed by atoms with E-state index in [9.17, 15) is 15.6 Å². The fourth-order valence-corrected chi connectivity index (χ4v) is 2.98. The summed E-state index contributed by atoms with van der Waals surface area (Å²) in [7, 11) is 0. The number of aliphatic hydroxyl groups is 1. The number of rotatable bonds is 7. The molecule has 0 aliphatic carbocycles. The van der Waals surface area contributed by atoms with Gasteiger partial charge in [0.2, 0.25) is 0 Å². The summed E-state index contributed by atoms with van der Waals surface area (Å²) >= 11 is 1.32. The highest BCUT2D eigenvalue weighted by Gasteiger charge is 2.19. The second kappa shape index (κ2) is 10.5. The molecule has 0 bridgehead atoms. The van der Waals surface area contributed by atoms with Crippen molar-refractivity contribution in [2.75, 3.05) is 6.61 Å². The van der Waals surface area contributed by atoms with Crippen LogP contribution in [0.15, 0.2) is 69.7 Å². The first-order chi connectivity index (χ1) is 12.3. The highest BCUT2D eigenvalue weighted by Crippen LogP contribution is 2.33. The zero-order chi connectivity index (χ0) is 19.6. The molecule has 0 amide bonds. The summed E-state index contributed by atoms with van der Waals surface area (Å²) < 4.78 is 5.16. The number of thioether (sulfide) groups is 1. The smallest absolute Gasteiger partial charge is 0.123 e. The molecule has 1 N–H and O–H groups in total. The highest BCUT2D eigenvalue weighted by molar-refractivity contribution is 8.03. The van der Waals surface area contributed by atoms with E-state index in [1.54, 1.807) is 13.0 Å². The second-order valence-corrected chi connectivity index (χ2v) is 7.73. The van der Waals surface area contributed by atoms with Gasteiger partial charge in [0.05, 0.1) is 24.5 Å². The third-order valence-electron chi connectivity index (χ3n) is 3.06. The summed E-state index contributed by atoms with van der Waals surface area (Å²) in [4.78, 5) is 1.39. The normalized spacial score (nSPS) is 14.3. The molecule has 4 nitrogen and oxygen atoms in total. The van der Waals surface area contributed by atoms with E-state index >= 15 is 0 Å². The summed E-state index contributed by atoms with van der Waals surface area (Å²) in [5, 5.41) is 29.5. The van der Waals surface area contributed by atoms with Gasteiger partial charge in [-0.15, -0.1) is 0 Å². The maximum Gasteiger partial charge on any atom is 0.123 e. The fourth-order valence-electron chi connectivity index (χ4n) is 1.99. The van der Waals surface area contributed by atoms with Gasteiger partial charge in [-0.3, -0.25) is 0 Å². The average Bonchev–Trinajstić information content (AvgIpc) is 2.60. The van der Waals surface area contributed by atoms with Gasteiger partial charge in [0, 0.05) is 15.4 Å². The minimum absolute atomic E-state index is 0.0922. The van der Waals surface area contributed by atoms with Gasteiger partial charge in [-0.2, -0.15) is 10.5 Å². The molecule has 136 valence electrons. The van der Waals surface area contributed by atoms with Crippen LogP contribution in [0.25, 0.3) is 0 Å². The minimum Gasteiger partial charge on any atom is -0.500 e. The SMILES string of the molecule is CCO/C=C(/C#N)C(O)/C(=C/C(C#N)=C/C(C)(C)C)Sc1ccccc1. The molecule has 0 aliphatic heterocycles. The van der Waals surface area contributed by atoms with Crippen LogP contribution < -0.4 is 0 Å². The average molecular weight is 369 g/mol. The lowest BCUT2D eigenvalue weighted by molar-refractivity contribution is 0.234. The molecule has 1 aromatic rings. The molecule has 26 heavy (non-hydrogen) atoms. The number of hydrogen-bond acceptors (Lipinski definition) is 5. The second-order valence-electron chi connectivity index (χ2n) is 6.58. The third kappa shape index (κ3) is 7.61. The Hall–Kier alpha value is -2.47. The first kappa shape index (κ1) is 21.6. The summed E-state index contributed by atoms with van der Waals surface area (Å²) in [6.07, 6.45) is 3.56. The van der Waals surface area contributed by atoms with Gasteiger partial charge >= 0.3 is 0 Å². The Morgan fingerprint density at radius 2 is 1.88 bits per heavy atom. The van der Waals surface area contributed by atoms with E-state index in [0.717, 1.165) is 4.90 Å². The fraction of sp³-hybridized carbons (Fsp3) is 0.333. The Kier molecular flexibility index (Phi) is 8.72. The Morgan fingerprint density at radius 1 is 1.23 bits per heavy atom. The van der Waals surface area contributed by atoms with Crippen LogP contribution in [0.5, 0.6) is 0 Å². The molecule has 1 rings (SSSR count). The maximum atomic E-state index is 10.7. The highest BCUT2D eigenvalue weighted by atomic mass is 32.2. The number of nitriles is 2. The molecule has 0 saturated heterocycles. The van der Waals surface area contributed by atoms with Gasteiger partial charge in [0.1, 0.15) is 12.2 Å². The van der Waals surface area contributed by atoms with E-state index in [2.05, 4.69) is 6.07 Å². The van der Waals surface area contributed by atoms with Gasteiger partial charge in [-0.05, 0) is 30.5 Å². The first-order valence-electron chi connectivity index (χ1n) is 8.28. The van der Waals surface area contributed by atoms with E-state index in [4.69, 9.17) is 4.74 Å². The summed E-state index contributed by atoms with van der Waals surface area (Å²) in [5.74, 6) is 0. The molecule has 0 radical (unpaired) electrons. The molecule has 0 aromatic heterocycles. The predicted molar refractivity (Wildman–Crippen MR) is 105 cm³/mol. The quantitative estimate of drug-likeness (QED) is 0.318. The largest absolute Gasteiger partial charge is 0.500 e. The zero-order valence-electron chi connectivity index (χ0n) is 15.6. The van der Waals surface area contributed by atoms with Crippen LogP contribution >= 0.6 is 11.8 Å². The van der Waals surface area contributed by atoms with Gasteiger partial charge in [-0.25, -0.2) is 0 Å². The molecule has 1 aromatic carbocycles. The molecule has 1 atom stereocenters. The van der Waals surface area contributed by atoms with E-state index in [1.165, 1.54) is 18.0 Å². The Bertz CT molecular complexity index is 760. The van der Waals surface area contributed by atoms with Gasteiger partial charge < -0.3 is 9.84 Å². The molecule has 0 aliphatic rings. The maximum absolute atomic E-state index is 10.7. The Labute approximate surface area is 160 Å². The van der Waals surface area contributed by atoms with Crippen molar-refractivity contribution in [3.05, 3.63) is 64.8 Å². The van der Waals surface area contributed by atoms with Crippen molar-refractivity contribution >= 4 is 11.8 Å². The third-order valence-corrected chi connectivity index (χ3v) is 4.15. The van der Waals surface area contributed by atoms with Crippen LogP contribution in [0.1, 0.15) is 27.7 Å². The number of hydrogen-bond donors (Lipinski definition) is 1. The van der Waals surface area contributed by atoms with Gasteiger partial charge in [0.25, 0.3) is 0 Å². The van der Waals surface area contributed by atoms with Crippen molar-refractivity contribution in [2.45, 2.75) is 38.7 Å². The predicted octanol–water partition coefficient (Wildman–Crippen LogP) is 4.96. The zero-order valence-corrected chi connectivity index (χ0v) is 16.4. The van der Waals surface area contributed by atoms with Crippen molar-refractivity contribution in [3.63, 3.8) is 0 Å². The molecule has 0 fully saturated rings. The number of ether oxygens (including phenoxy) is 1. The standard InChI is InChI=1S/C21H24N2O2S/c1-5-25-15-17(14-23)20(24)19(26-18-9-7-6-8-10-18)11-16(13-22)12-21(2,3)4/h6-12,15,20,24H,5H2,1-4H3/b16-12-,17-15-,19-11-. The van der Waals surface area contributed by atoms with Crippen LogP contribution in [0.3, 0.4) is 0 Å². The summed E-state index contributed by atoms with van der Waals surface area (Å²) in [6, 6.07) is 13.6. The van der Waals surface area contributed by atoms with E-state index in [0.29, 0.717) is 17.1 Å². The lowest BCUT2D eigenvalue weighted by Crippen LogP contribution is -2.12. The molecule has 0 spiro atoms. The minimum atomic E-state index is -1.17. The topological polar surface area (TPSA) is 77.0 Å². The van der Waals surface area contributed by atoms with Crippen LogP contribution in [-0.4, -0.2) is 17.8 Å². The van der Waals surface area contributed by atoms with Gasteiger partial charge in [-0.1, -0.05) is 56.8 Å². The monoisotopic (exact) mass is 368 g/mol. The number of aliphatic hydroxyl groups excluding tert-OH is 1. The summed E-state index contributed by atoms with van der Waals surface area (Å²) in [5.41, 5.74) is 0.340. The van der Waals surface area contributed by atoms with Crippen molar-refractivity contribution in [1.82, 2.24) is 0 Å². The van der Waals surface area contributed by atoms with Crippen molar-refractivity contribution in [2.24, 2.45) is 5.41 Å². The molecule has 0 saturated carbocycles. The van der Waals surface area contributed by atoms with Crippen LogP contribution in [0, 0.1) is 28.1 Å². The molecule has 5 heteroatoms. The van der Waals surface area contributed by atoms with Gasteiger partial charge in [0.15, 0.2) is 0 Å². The molecular formula is C21H24N2O2S. The Balaban J connectivity index is 3.34. The van der Waals surface area contributed by atoms with Crippen LogP contribution in [-0.2, 0) is 4.74 Å². The number of nitrogens with zero attached hydrogens (tertiary/aromatic N) is 2. The number of benzene rings is 1. The Morgan fingerprint density at radius 3 is 2.38 bits per heavy atom. The van der Waals surface area contributed by atoms with E-state index in [-0.39, 0.29) is 11.0 Å². The van der Waals surface area contributed by atoms with E-state index in [1.807, 2.05) is 63.2 Å². The lowest BCUT2D eigenvalue weighted by Gasteiger charge is -2.16. The van der Waals surface area contributed by atoms with Crippen LogP contribution in [0.2, 0.25) is 0 Å². The van der Waals surface area contributed by atoms with E-state index < -0.39 is 6.10 Å².